The molecule has 0 saturated carbocycles. The number of thiol groups is 1. The highest BCUT2D eigenvalue weighted by atomic mass is 32.7. The second kappa shape index (κ2) is 6.65. The molecule has 0 radical (unpaired) electrons. The number of methoxy groups -OCH3 is 1. The van der Waals surface area contributed by atoms with Crippen LogP contribution < -0.4 is 11.4 Å². The third-order valence-electron chi connectivity index (χ3n) is 3.23. The monoisotopic (exact) mass is 355 g/mol. The molecule has 2 rings (SSSR count). The number of aromatic nitrogens is 2. The van der Waals surface area contributed by atoms with Crippen LogP contribution in [0.2, 0.25) is 0 Å². The summed E-state index contributed by atoms with van der Waals surface area (Å²) in [5, 5.41) is 9.46. The lowest BCUT2D eigenvalue weighted by atomic mass is 10.1. The minimum Gasteiger partial charge on any atom is -0.391 e. The molecule has 0 bridgehead atoms. The van der Waals surface area contributed by atoms with Crippen LogP contribution in [0.5, 0.6) is 0 Å². The highest BCUT2D eigenvalue weighted by Crippen LogP contribution is 2.45. The lowest BCUT2D eigenvalue weighted by molar-refractivity contribution is -0.265. The van der Waals surface area contributed by atoms with E-state index in [1.54, 1.807) is 0 Å². The molecule has 1 aliphatic heterocycles. The molecule has 5 atom stereocenters. The molecule has 124 valence electrons. The molecule has 0 spiro atoms. The Bertz CT molecular complexity index is 627. The van der Waals surface area contributed by atoms with Gasteiger partial charge < -0.3 is 24.8 Å². The van der Waals surface area contributed by atoms with Gasteiger partial charge in [-0.25, -0.2) is 9.18 Å². The number of nitrogen functional groups attached to an aromatic ring is 1. The van der Waals surface area contributed by atoms with E-state index in [1.165, 1.54) is 12.3 Å². The van der Waals surface area contributed by atoms with Gasteiger partial charge in [-0.05, 0) is 6.07 Å². The number of rotatable bonds is 5. The fraction of sp³-hybridized carbons (Fsp3) is 0.600. The van der Waals surface area contributed by atoms with Gasteiger partial charge in [0.2, 0.25) is 13.0 Å². The number of aliphatic hydroxyl groups excluding tert-OH is 1. The predicted molar refractivity (Wildman–Crippen MR) is 77.6 cm³/mol. The Labute approximate surface area is 130 Å². The lowest BCUT2D eigenvalue weighted by Crippen LogP contribution is -2.47. The predicted octanol–water partition coefficient (Wildman–Crippen LogP) is -0.268. The summed E-state index contributed by atoms with van der Waals surface area (Å²) in [4.78, 5) is 15.3. The van der Waals surface area contributed by atoms with Crippen molar-refractivity contribution in [2.45, 2.75) is 24.3 Å². The molecule has 3 N–H and O–H groups in total. The largest absolute Gasteiger partial charge is 0.391 e. The van der Waals surface area contributed by atoms with E-state index < -0.39 is 43.8 Å². The molecular formula is C10H15FN3O6PS. The molecule has 0 aliphatic carbocycles. The molecule has 22 heavy (non-hydrogen) atoms. The van der Waals surface area contributed by atoms with E-state index in [4.69, 9.17) is 19.7 Å². The highest BCUT2D eigenvalue weighted by molar-refractivity contribution is 8.39. The average Bonchev–Trinajstić information content (AvgIpc) is 2.73. The number of aliphatic hydroxyl groups is 1. The van der Waals surface area contributed by atoms with Crippen LogP contribution in [0.1, 0.15) is 6.23 Å². The Hall–Kier alpha value is -0.970. The van der Waals surface area contributed by atoms with Gasteiger partial charge in [0.25, 0.3) is 0 Å². The average molecular weight is 355 g/mol. The Balaban J connectivity index is 2.42. The lowest BCUT2D eigenvalue weighted by Gasteiger charge is -2.29. The van der Waals surface area contributed by atoms with Gasteiger partial charge in [-0.15, -0.1) is 0 Å². The van der Waals surface area contributed by atoms with Crippen LogP contribution in [0.3, 0.4) is 0 Å². The fourth-order valence-electron chi connectivity index (χ4n) is 2.18. The molecule has 1 aromatic rings. The minimum absolute atomic E-state index is 0.0389. The molecule has 1 aromatic heterocycles. The molecule has 4 unspecified atom stereocenters. The zero-order chi connectivity index (χ0) is 16.5. The summed E-state index contributed by atoms with van der Waals surface area (Å²) in [5.74, 6) is -1.96. The Morgan fingerprint density at radius 2 is 2.41 bits per heavy atom. The van der Waals surface area contributed by atoms with Crippen LogP contribution in [0.15, 0.2) is 17.1 Å². The zero-order valence-electron chi connectivity index (χ0n) is 11.4. The third-order valence-corrected chi connectivity index (χ3v) is 4.01. The summed E-state index contributed by atoms with van der Waals surface area (Å²) in [5.41, 5.74) is 4.51. The third kappa shape index (κ3) is 3.05. The van der Waals surface area contributed by atoms with Crippen LogP contribution in [0.25, 0.3) is 0 Å². The molecule has 9 nitrogen and oxygen atoms in total. The van der Waals surface area contributed by atoms with Gasteiger partial charge in [0.05, 0.1) is 0 Å². The quantitative estimate of drug-likeness (QED) is 0.487. The Morgan fingerprint density at radius 3 is 2.91 bits per heavy atom. The number of hydrogen-bond acceptors (Lipinski definition) is 8. The maximum absolute atomic E-state index is 14.6. The number of hydrogen-bond donors (Lipinski definition) is 3. The van der Waals surface area contributed by atoms with Gasteiger partial charge in [0, 0.05) is 13.3 Å². The normalized spacial score (nSPS) is 33.0. The van der Waals surface area contributed by atoms with E-state index in [0.29, 0.717) is 0 Å². The van der Waals surface area contributed by atoms with Gasteiger partial charge in [-0.3, -0.25) is 9.13 Å². The fourth-order valence-corrected chi connectivity index (χ4v) is 3.05. The highest BCUT2D eigenvalue weighted by Gasteiger charge is 2.58. The number of alkyl halides is 1. The summed E-state index contributed by atoms with van der Waals surface area (Å²) in [6.07, 6.45) is -3.81. The SMILES string of the molecule is CO[C@]1(CO)OC(n2ccc(N)nc2=O)C(F)C1O[PH](=O)S. The van der Waals surface area contributed by atoms with Crippen molar-refractivity contribution in [3.63, 3.8) is 0 Å². The molecule has 0 aromatic carbocycles. The standard InChI is InChI=1S/C10H15FN3O6PS/c1-18-10(4-15)7(20-21(17)22)6(11)8(19-10)14-3-2-5(12)13-9(14)16/h2-3,6-8,15,21H,4H2,1H3,(H,17,22)(H2,12,13,16)/t6?,7?,8?,10-/m1/s1. The van der Waals surface area contributed by atoms with Crippen LogP contribution in [0, 0.1) is 0 Å². The van der Waals surface area contributed by atoms with Gasteiger partial charge in [-0.1, -0.05) is 12.2 Å². The first kappa shape index (κ1) is 17.4. The van der Waals surface area contributed by atoms with Gasteiger partial charge in [0.15, 0.2) is 18.5 Å². The minimum atomic E-state index is -2.85. The molecule has 1 aliphatic rings. The van der Waals surface area contributed by atoms with Crippen LogP contribution in [-0.4, -0.2) is 46.4 Å². The number of ether oxygens (including phenoxy) is 2. The van der Waals surface area contributed by atoms with E-state index in [1.807, 2.05) is 0 Å². The van der Waals surface area contributed by atoms with Crippen molar-refractivity contribution < 1.29 is 28.1 Å². The topological polar surface area (TPSA) is 126 Å². The van der Waals surface area contributed by atoms with Gasteiger partial charge >= 0.3 is 5.69 Å². The molecule has 0 amide bonds. The Morgan fingerprint density at radius 1 is 1.73 bits per heavy atom. The van der Waals surface area contributed by atoms with Crippen molar-refractivity contribution >= 4 is 25.3 Å². The summed E-state index contributed by atoms with van der Waals surface area (Å²) < 4.78 is 41.9. The maximum Gasteiger partial charge on any atom is 0.351 e. The second-order valence-corrected chi connectivity index (χ2v) is 6.34. The van der Waals surface area contributed by atoms with Gasteiger partial charge in [-0.2, -0.15) is 4.98 Å². The number of anilines is 1. The second-order valence-electron chi connectivity index (χ2n) is 4.47. The number of halogens is 1. The molecular weight excluding hydrogens is 340 g/mol. The summed E-state index contributed by atoms with van der Waals surface area (Å²) in [6, 6.07) is 1.28. The van der Waals surface area contributed by atoms with Crippen molar-refractivity contribution in [1.29, 1.82) is 0 Å². The Kier molecular flexibility index (Phi) is 5.25. The van der Waals surface area contributed by atoms with Crippen LogP contribution in [0.4, 0.5) is 10.2 Å². The van der Waals surface area contributed by atoms with E-state index >= 15 is 0 Å². The zero-order valence-corrected chi connectivity index (χ0v) is 13.3. The van der Waals surface area contributed by atoms with E-state index in [2.05, 4.69) is 17.2 Å². The van der Waals surface area contributed by atoms with E-state index in [0.717, 1.165) is 11.7 Å². The van der Waals surface area contributed by atoms with Crippen molar-refractivity contribution in [2.75, 3.05) is 19.5 Å². The molecule has 2 heterocycles. The number of nitrogens with zero attached hydrogens (tertiary/aromatic N) is 2. The maximum atomic E-state index is 14.6. The van der Waals surface area contributed by atoms with Crippen LogP contribution >= 0.6 is 19.5 Å². The first-order valence-electron chi connectivity index (χ1n) is 6.07. The molecule has 1 fully saturated rings. The van der Waals surface area contributed by atoms with Crippen molar-refractivity contribution in [2.24, 2.45) is 0 Å². The van der Waals surface area contributed by atoms with E-state index in [9.17, 15) is 18.9 Å². The molecule has 1 saturated heterocycles. The van der Waals surface area contributed by atoms with Crippen molar-refractivity contribution in [3.8, 4) is 0 Å². The van der Waals surface area contributed by atoms with E-state index in [-0.39, 0.29) is 5.82 Å². The van der Waals surface area contributed by atoms with Crippen molar-refractivity contribution in [3.05, 3.63) is 22.7 Å². The molecule has 12 heteroatoms. The summed E-state index contributed by atoms with van der Waals surface area (Å²) in [6.45, 7) is -0.787. The summed E-state index contributed by atoms with van der Waals surface area (Å²) in [7, 11) is -1.70. The number of nitrogens with two attached hydrogens (primary N) is 1. The van der Waals surface area contributed by atoms with Gasteiger partial charge in [0.1, 0.15) is 12.4 Å². The first-order chi connectivity index (χ1) is 10.3. The summed E-state index contributed by atoms with van der Waals surface area (Å²) >= 11 is 3.59. The first-order valence-corrected chi connectivity index (χ1v) is 8.67. The van der Waals surface area contributed by atoms with Crippen molar-refractivity contribution in [1.82, 2.24) is 9.55 Å². The van der Waals surface area contributed by atoms with Crippen LogP contribution in [-0.2, 0) is 18.6 Å². The smallest absolute Gasteiger partial charge is 0.351 e.